The summed E-state index contributed by atoms with van der Waals surface area (Å²) in [5, 5.41) is 2.86. The molecule has 0 spiro atoms. The minimum Gasteiger partial charge on any atom is -0.383 e. The largest absolute Gasteiger partial charge is 0.383 e. The zero-order valence-corrected chi connectivity index (χ0v) is 10.9. The third-order valence-corrected chi connectivity index (χ3v) is 2.73. The molecule has 4 nitrogen and oxygen atoms in total. The summed E-state index contributed by atoms with van der Waals surface area (Å²) in [6.07, 6.45) is 2.29. The summed E-state index contributed by atoms with van der Waals surface area (Å²) >= 11 is 0. The molecule has 1 aromatic carbocycles. The second-order valence-corrected chi connectivity index (χ2v) is 4.29. The first-order chi connectivity index (χ1) is 8.76. The van der Waals surface area contributed by atoms with Crippen LogP contribution in [0.15, 0.2) is 30.3 Å². The van der Waals surface area contributed by atoms with E-state index in [0.717, 1.165) is 12.8 Å². The number of benzene rings is 1. The molecule has 0 aliphatic carbocycles. The van der Waals surface area contributed by atoms with Crippen LogP contribution in [0.25, 0.3) is 0 Å². The Bertz CT molecular complexity index is 341. The van der Waals surface area contributed by atoms with E-state index >= 15 is 0 Å². The van der Waals surface area contributed by atoms with E-state index in [9.17, 15) is 4.79 Å². The van der Waals surface area contributed by atoms with Crippen LogP contribution in [0.4, 0.5) is 0 Å². The van der Waals surface area contributed by atoms with E-state index < -0.39 is 0 Å². The van der Waals surface area contributed by atoms with Crippen LogP contribution in [0.3, 0.4) is 0 Å². The van der Waals surface area contributed by atoms with Gasteiger partial charge in [0.1, 0.15) is 0 Å². The maximum atomic E-state index is 11.7. The molecule has 0 fully saturated rings. The minimum absolute atomic E-state index is 0.0402. The molecule has 100 valence electrons. The second kappa shape index (κ2) is 8.66. The Morgan fingerprint density at radius 1 is 1.39 bits per heavy atom. The maximum absolute atomic E-state index is 11.7. The van der Waals surface area contributed by atoms with Gasteiger partial charge in [-0.25, -0.2) is 0 Å². The summed E-state index contributed by atoms with van der Waals surface area (Å²) in [6.45, 7) is 0.860. The highest BCUT2D eigenvalue weighted by molar-refractivity contribution is 5.76. The topological polar surface area (TPSA) is 64.3 Å². The fourth-order valence-electron chi connectivity index (χ4n) is 1.77. The number of rotatable bonds is 8. The van der Waals surface area contributed by atoms with Crippen LogP contribution < -0.4 is 11.1 Å². The molecule has 0 saturated carbocycles. The molecule has 0 bridgehead atoms. The molecule has 1 amide bonds. The van der Waals surface area contributed by atoms with Crippen molar-refractivity contribution in [3.63, 3.8) is 0 Å². The summed E-state index contributed by atoms with van der Waals surface area (Å²) in [4.78, 5) is 11.7. The molecule has 0 heterocycles. The molecule has 4 heteroatoms. The quantitative estimate of drug-likeness (QED) is 0.726. The Hall–Kier alpha value is -1.39. The van der Waals surface area contributed by atoms with Crippen molar-refractivity contribution in [2.75, 3.05) is 20.3 Å². The van der Waals surface area contributed by atoms with Crippen LogP contribution in [0.1, 0.15) is 18.4 Å². The standard InChI is InChI=1S/C14H22N2O2/c1-18-11-13(10-15)16-14(17)9-5-8-12-6-3-2-4-7-12/h2-4,6-7,13H,5,8-11,15H2,1H3,(H,16,17). The number of aryl methyl sites for hydroxylation is 1. The molecule has 18 heavy (non-hydrogen) atoms. The number of methoxy groups -OCH3 is 1. The molecule has 0 aliphatic rings. The summed E-state index contributed by atoms with van der Waals surface area (Å²) in [6, 6.07) is 10.1. The second-order valence-electron chi connectivity index (χ2n) is 4.29. The minimum atomic E-state index is -0.0841. The Labute approximate surface area is 109 Å². The van der Waals surface area contributed by atoms with Crippen molar-refractivity contribution >= 4 is 5.91 Å². The average molecular weight is 250 g/mol. The molecule has 1 rings (SSSR count). The van der Waals surface area contributed by atoms with Crippen molar-refractivity contribution < 1.29 is 9.53 Å². The van der Waals surface area contributed by atoms with Crippen LogP contribution in [-0.4, -0.2) is 32.2 Å². The first kappa shape index (κ1) is 14.7. The fraction of sp³-hybridized carbons (Fsp3) is 0.500. The summed E-state index contributed by atoms with van der Waals surface area (Å²) in [5.41, 5.74) is 6.79. The molecular formula is C14H22N2O2. The lowest BCUT2D eigenvalue weighted by Crippen LogP contribution is -2.43. The summed E-state index contributed by atoms with van der Waals surface area (Å²) in [7, 11) is 1.60. The highest BCUT2D eigenvalue weighted by Gasteiger charge is 2.09. The number of hydrogen-bond donors (Lipinski definition) is 2. The van der Waals surface area contributed by atoms with E-state index in [2.05, 4.69) is 17.4 Å². The highest BCUT2D eigenvalue weighted by Crippen LogP contribution is 2.04. The van der Waals surface area contributed by atoms with Crippen LogP contribution in [-0.2, 0) is 16.0 Å². The molecule has 0 aromatic heterocycles. The highest BCUT2D eigenvalue weighted by atomic mass is 16.5. The van der Waals surface area contributed by atoms with Gasteiger partial charge >= 0.3 is 0 Å². The lowest BCUT2D eigenvalue weighted by molar-refractivity contribution is -0.122. The number of nitrogens with one attached hydrogen (secondary N) is 1. The molecule has 1 unspecified atom stereocenters. The van der Waals surface area contributed by atoms with Crippen molar-refractivity contribution in [3.8, 4) is 0 Å². The van der Waals surface area contributed by atoms with Crippen LogP contribution in [0, 0.1) is 0 Å². The number of carbonyl (C=O) groups is 1. The summed E-state index contributed by atoms with van der Waals surface area (Å²) < 4.78 is 4.97. The zero-order chi connectivity index (χ0) is 13.2. The van der Waals surface area contributed by atoms with E-state index in [-0.39, 0.29) is 11.9 Å². The van der Waals surface area contributed by atoms with Crippen LogP contribution in [0.2, 0.25) is 0 Å². The Balaban J connectivity index is 2.20. The predicted molar refractivity (Wildman–Crippen MR) is 72.2 cm³/mol. The van der Waals surface area contributed by atoms with E-state index in [4.69, 9.17) is 10.5 Å². The SMILES string of the molecule is COCC(CN)NC(=O)CCCc1ccccc1. The van der Waals surface area contributed by atoms with Gasteiger partial charge in [0.25, 0.3) is 0 Å². The Kier molecular flexibility index (Phi) is 7.06. The van der Waals surface area contributed by atoms with Gasteiger partial charge in [0.15, 0.2) is 0 Å². The third kappa shape index (κ3) is 5.80. The number of amides is 1. The van der Waals surface area contributed by atoms with Crippen LogP contribution in [0.5, 0.6) is 0 Å². The average Bonchev–Trinajstić information content (AvgIpc) is 2.39. The van der Waals surface area contributed by atoms with E-state index in [1.54, 1.807) is 7.11 Å². The van der Waals surface area contributed by atoms with Crippen molar-refractivity contribution in [2.45, 2.75) is 25.3 Å². The fourth-order valence-corrected chi connectivity index (χ4v) is 1.77. The normalized spacial score (nSPS) is 12.1. The van der Waals surface area contributed by atoms with Gasteiger partial charge in [0, 0.05) is 20.1 Å². The number of nitrogens with two attached hydrogens (primary N) is 1. The molecule has 0 saturated heterocycles. The molecule has 1 atom stereocenters. The monoisotopic (exact) mass is 250 g/mol. The molecule has 1 aromatic rings. The number of carbonyl (C=O) groups excluding carboxylic acids is 1. The van der Waals surface area contributed by atoms with Gasteiger partial charge < -0.3 is 15.8 Å². The van der Waals surface area contributed by atoms with Crippen molar-refractivity contribution in [3.05, 3.63) is 35.9 Å². The third-order valence-electron chi connectivity index (χ3n) is 2.73. The van der Waals surface area contributed by atoms with Gasteiger partial charge in [0.2, 0.25) is 5.91 Å². The molecular weight excluding hydrogens is 228 g/mol. The number of hydrogen-bond acceptors (Lipinski definition) is 3. The first-order valence-electron chi connectivity index (χ1n) is 6.28. The molecule has 0 aliphatic heterocycles. The Morgan fingerprint density at radius 3 is 2.72 bits per heavy atom. The zero-order valence-electron chi connectivity index (χ0n) is 10.9. The molecule has 3 N–H and O–H groups in total. The van der Waals surface area contributed by atoms with Gasteiger partial charge in [-0.15, -0.1) is 0 Å². The molecule has 0 radical (unpaired) electrons. The van der Waals surface area contributed by atoms with E-state index in [0.29, 0.717) is 19.6 Å². The van der Waals surface area contributed by atoms with Gasteiger partial charge in [-0.1, -0.05) is 30.3 Å². The van der Waals surface area contributed by atoms with Crippen molar-refractivity contribution in [1.82, 2.24) is 5.32 Å². The lowest BCUT2D eigenvalue weighted by atomic mass is 10.1. The predicted octanol–water partition coefficient (Wildman–Crippen LogP) is 1.10. The van der Waals surface area contributed by atoms with Gasteiger partial charge in [-0.2, -0.15) is 0 Å². The van der Waals surface area contributed by atoms with Crippen molar-refractivity contribution in [1.29, 1.82) is 0 Å². The van der Waals surface area contributed by atoms with Gasteiger partial charge in [-0.3, -0.25) is 4.79 Å². The maximum Gasteiger partial charge on any atom is 0.220 e. The van der Waals surface area contributed by atoms with Crippen LogP contribution >= 0.6 is 0 Å². The van der Waals surface area contributed by atoms with E-state index in [1.807, 2.05) is 18.2 Å². The number of ether oxygens (including phenoxy) is 1. The first-order valence-corrected chi connectivity index (χ1v) is 6.28. The van der Waals surface area contributed by atoms with Gasteiger partial charge in [-0.05, 0) is 18.4 Å². The van der Waals surface area contributed by atoms with Crippen molar-refractivity contribution in [2.24, 2.45) is 5.73 Å². The Morgan fingerprint density at radius 2 is 2.11 bits per heavy atom. The van der Waals surface area contributed by atoms with E-state index in [1.165, 1.54) is 5.56 Å². The smallest absolute Gasteiger partial charge is 0.220 e. The summed E-state index contributed by atoms with van der Waals surface area (Å²) in [5.74, 6) is 0.0402. The lowest BCUT2D eigenvalue weighted by Gasteiger charge is -2.15. The van der Waals surface area contributed by atoms with Gasteiger partial charge in [0.05, 0.1) is 12.6 Å².